The predicted molar refractivity (Wildman–Crippen MR) is 80.3 cm³/mol. The molecule has 0 aliphatic heterocycles. The standard InChI is InChI=1S/C12H14FIN4O2/c1-19-5-4-15-7-11-17-18-12(20-11)16-10-3-2-8(13)6-9(10)14/h2-3,6,15H,4-5,7H2,1H3,(H,16,18). The van der Waals surface area contributed by atoms with E-state index >= 15 is 0 Å². The zero-order valence-corrected chi connectivity index (χ0v) is 13.0. The van der Waals surface area contributed by atoms with Crippen molar-refractivity contribution in [3.05, 3.63) is 33.5 Å². The van der Waals surface area contributed by atoms with Gasteiger partial charge in [0.05, 0.1) is 18.8 Å². The van der Waals surface area contributed by atoms with Crippen molar-refractivity contribution < 1.29 is 13.5 Å². The van der Waals surface area contributed by atoms with Gasteiger partial charge in [-0.3, -0.25) is 0 Å². The van der Waals surface area contributed by atoms with E-state index in [4.69, 9.17) is 9.15 Å². The smallest absolute Gasteiger partial charge is 0.320 e. The van der Waals surface area contributed by atoms with Crippen LogP contribution in [-0.2, 0) is 11.3 Å². The Bertz CT molecular complexity index is 564. The summed E-state index contributed by atoms with van der Waals surface area (Å²) in [7, 11) is 1.64. The van der Waals surface area contributed by atoms with Gasteiger partial charge in [-0.25, -0.2) is 4.39 Å². The van der Waals surface area contributed by atoms with Crippen LogP contribution in [0.1, 0.15) is 5.89 Å². The Morgan fingerprint density at radius 1 is 1.40 bits per heavy atom. The van der Waals surface area contributed by atoms with Gasteiger partial charge in [-0.1, -0.05) is 5.10 Å². The van der Waals surface area contributed by atoms with E-state index in [1.54, 1.807) is 13.2 Å². The largest absolute Gasteiger partial charge is 0.406 e. The van der Waals surface area contributed by atoms with Crippen LogP contribution < -0.4 is 10.6 Å². The lowest BCUT2D eigenvalue weighted by atomic mass is 10.3. The molecule has 1 aromatic carbocycles. The summed E-state index contributed by atoms with van der Waals surface area (Å²) in [5.74, 6) is 0.189. The molecule has 0 saturated heterocycles. The number of aromatic nitrogens is 2. The first kappa shape index (κ1) is 15.1. The monoisotopic (exact) mass is 392 g/mol. The van der Waals surface area contributed by atoms with Crippen LogP contribution in [0, 0.1) is 9.39 Å². The second kappa shape index (κ2) is 7.50. The Morgan fingerprint density at radius 3 is 3.00 bits per heavy atom. The number of ether oxygens (including phenoxy) is 1. The van der Waals surface area contributed by atoms with Crippen molar-refractivity contribution in [3.8, 4) is 0 Å². The zero-order valence-electron chi connectivity index (χ0n) is 10.8. The van der Waals surface area contributed by atoms with Crippen LogP contribution in [0.15, 0.2) is 22.6 Å². The Kier molecular flexibility index (Phi) is 5.68. The van der Waals surface area contributed by atoms with Crippen molar-refractivity contribution in [2.45, 2.75) is 6.54 Å². The molecule has 8 heteroatoms. The van der Waals surface area contributed by atoms with Crippen molar-refractivity contribution in [3.63, 3.8) is 0 Å². The van der Waals surface area contributed by atoms with Crippen LogP contribution in [0.2, 0.25) is 0 Å². The SMILES string of the molecule is COCCNCc1nnc(Nc2ccc(F)cc2I)o1. The van der Waals surface area contributed by atoms with Gasteiger partial charge in [-0.05, 0) is 40.8 Å². The molecular formula is C12H14FIN4O2. The first-order chi connectivity index (χ1) is 9.69. The van der Waals surface area contributed by atoms with Gasteiger partial charge < -0.3 is 19.8 Å². The number of nitrogens with zero attached hydrogens (tertiary/aromatic N) is 2. The van der Waals surface area contributed by atoms with Gasteiger partial charge in [0.1, 0.15) is 5.82 Å². The number of anilines is 2. The van der Waals surface area contributed by atoms with E-state index in [0.29, 0.717) is 25.6 Å². The van der Waals surface area contributed by atoms with Gasteiger partial charge in [-0.15, -0.1) is 5.10 Å². The Morgan fingerprint density at radius 2 is 2.25 bits per heavy atom. The van der Waals surface area contributed by atoms with Crippen LogP contribution in [0.25, 0.3) is 0 Å². The van der Waals surface area contributed by atoms with Gasteiger partial charge in [0.15, 0.2) is 0 Å². The van der Waals surface area contributed by atoms with Crippen LogP contribution in [0.3, 0.4) is 0 Å². The van der Waals surface area contributed by atoms with Crippen molar-refractivity contribution >= 4 is 34.3 Å². The molecule has 0 amide bonds. The Hall–Kier alpha value is -1.26. The van der Waals surface area contributed by atoms with Crippen LogP contribution in [-0.4, -0.2) is 30.5 Å². The number of benzene rings is 1. The minimum absolute atomic E-state index is 0.276. The molecule has 0 spiro atoms. The molecule has 2 rings (SSSR count). The van der Waals surface area contributed by atoms with Crippen LogP contribution in [0.5, 0.6) is 0 Å². The average molecular weight is 392 g/mol. The fraction of sp³-hybridized carbons (Fsp3) is 0.333. The van der Waals surface area contributed by atoms with E-state index in [1.165, 1.54) is 12.1 Å². The zero-order chi connectivity index (χ0) is 14.4. The number of halogens is 2. The molecule has 0 fully saturated rings. The van der Waals surface area contributed by atoms with Crippen molar-refractivity contribution in [2.75, 3.05) is 25.6 Å². The second-order valence-electron chi connectivity index (χ2n) is 3.92. The summed E-state index contributed by atoms with van der Waals surface area (Å²) < 4.78 is 24.1. The van der Waals surface area contributed by atoms with Crippen molar-refractivity contribution in [1.82, 2.24) is 15.5 Å². The summed E-state index contributed by atoms with van der Waals surface area (Å²) in [6.45, 7) is 1.79. The maximum Gasteiger partial charge on any atom is 0.320 e. The minimum atomic E-state index is -0.284. The van der Waals surface area contributed by atoms with Crippen molar-refractivity contribution in [1.29, 1.82) is 0 Å². The number of rotatable bonds is 7. The lowest BCUT2D eigenvalue weighted by Crippen LogP contribution is -2.18. The summed E-state index contributed by atoms with van der Waals surface area (Å²) >= 11 is 2.03. The highest BCUT2D eigenvalue weighted by Crippen LogP contribution is 2.22. The Labute approximate surface area is 129 Å². The summed E-state index contributed by atoms with van der Waals surface area (Å²) in [6.07, 6.45) is 0. The highest BCUT2D eigenvalue weighted by atomic mass is 127. The van der Waals surface area contributed by atoms with Gasteiger partial charge >= 0.3 is 6.01 Å². The number of methoxy groups -OCH3 is 1. The van der Waals surface area contributed by atoms with E-state index in [0.717, 1.165) is 9.26 Å². The number of hydrogen-bond donors (Lipinski definition) is 2. The van der Waals surface area contributed by atoms with E-state index in [9.17, 15) is 4.39 Å². The third kappa shape index (κ3) is 4.39. The quantitative estimate of drug-likeness (QED) is 0.557. The molecule has 108 valence electrons. The number of hydrogen-bond acceptors (Lipinski definition) is 6. The molecule has 1 heterocycles. The topological polar surface area (TPSA) is 72.2 Å². The maximum absolute atomic E-state index is 13.0. The summed E-state index contributed by atoms with van der Waals surface area (Å²) in [5, 5.41) is 13.8. The van der Waals surface area contributed by atoms with Gasteiger partial charge in [-0.2, -0.15) is 0 Å². The summed E-state index contributed by atoms with van der Waals surface area (Å²) in [5.41, 5.74) is 0.717. The summed E-state index contributed by atoms with van der Waals surface area (Å²) in [4.78, 5) is 0. The molecule has 2 N–H and O–H groups in total. The predicted octanol–water partition coefficient (Wildman–Crippen LogP) is 2.29. The molecule has 0 aliphatic carbocycles. The third-order valence-electron chi connectivity index (χ3n) is 2.40. The second-order valence-corrected chi connectivity index (χ2v) is 5.08. The fourth-order valence-corrected chi connectivity index (χ4v) is 2.06. The van der Waals surface area contributed by atoms with Gasteiger partial charge in [0.25, 0.3) is 0 Å². The van der Waals surface area contributed by atoms with Gasteiger partial charge in [0.2, 0.25) is 5.89 Å². The molecule has 0 unspecified atom stereocenters. The average Bonchev–Trinajstić information content (AvgIpc) is 2.86. The molecular weight excluding hydrogens is 378 g/mol. The summed E-state index contributed by atoms with van der Waals surface area (Å²) in [6, 6.07) is 4.69. The fourth-order valence-electron chi connectivity index (χ4n) is 1.45. The number of nitrogens with one attached hydrogen (secondary N) is 2. The van der Waals surface area contributed by atoms with Crippen molar-refractivity contribution in [2.24, 2.45) is 0 Å². The molecule has 0 saturated carbocycles. The van der Waals surface area contributed by atoms with E-state index in [1.807, 2.05) is 22.6 Å². The molecule has 20 heavy (non-hydrogen) atoms. The van der Waals surface area contributed by atoms with Gasteiger partial charge in [0, 0.05) is 17.2 Å². The molecule has 0 atom stereocenters. The normalized spacial score (nSPS) is 10.8. The highest BCUT2D eigenvalue weighted by molar-refractivity contribution is 14.1. The first-order valence-electron chi connectivity index (χ1n) is 5.93. The van der Waals surface area contributed by atoms with E-state index in [-0.39, 0.29) is 11.8 Å². The molecule has 0 aliphatic rings. The Balaban J connectivity index is 1.92. The molecule has 0 bridgehead atoms. The van der Waals surface area contributed by atoms with Crippen LogP contribution >= 0.6 is 22.6 Å². The highest BCUT2D eigenvalue weighted by Gasteiger charge is 2.08. The minimum Gasteiger partial charge on any atom is -0.406 e. The first-order valence-corrected chi connectivity index (χ1v) is 7.01. The van der Waals surface area contributed by atoms with E-state index < -0.39 is 0 Å². The molecule has 6 nitrogen and oxygen atoms in total. The molecule has 1 aromatic heterocycles. The lowest BCUT2D eigenvalue weighted by Gasteiger charge is -2.03. The lowest BCUT2D eigenvalue weighted by molar-refractivity contribution is 0.198. The molecule has 2 aromatic rings. The molecule has 0 radical (unpaired) electrons. The van der Waals surface area contributed by atoms with E-state index in [2.05, 4.69) is 20.8 Å². The van der Waals surface area contributed by atoms with Crippen LogP contribution in [0.4, 0.5) is 16.1 Å². The third-order valence-corrected chi connectivity index (χ3v) is 3.29. The maximum atomic E-state index is 13.0.